The highest BCUT2D eigenvalue weighted by molar-refractivity contribution is 7.89. The average molecular weight is 401 g/mol. The van der Waals surface area contributed by atoms with Crippen molar-refractivity contribution in [2.24, 2.45) is 0 Å². The normalized spacial score (nSPS) is 11.9. The summed E-state index contributed by atoms with van der Waals surface area (Å²) in [5.74, 6) is 1.27. The van der Waals surface area contributed by atoms with Gasteiger partial charge in [0, 0.05) is 11.6 Å². The number of benzene rings is 2. The molecule has 0 radical (unpaired) electrons. The van der Waals surface area contributed by atoms with Crippen molar-refractivity contribution in [2.75, 3.05) is 7.11 Å². The lowest BCUT2D eigenvalue weighted by atomic mass is 10.1. The van der Waals surface area contributed by atoms with Crippen molar-refractivity contribution in [2.45, 2.75) is 38.3 Å². The smallest absolute Gasteiger partial charge is 0.243 e. The summed E-state index contributed by atoms with van der Waals surface area (Å²) < 4.78 is 37.9. The van der Waals surface area contributed by atoms with E-state index < -0.39 is 10.0 Å². The molecular weight excluding hydrogens is 378 g/mol. The fraction of sp³-hybridized carbons (Fsp3) is 0.300. The molecule has 0 saturated carbocycles. The molecule has 7 nitrogen and oxygen atoms in total. The van der Waals surface area contributed by atoms with Gasteiger partial charge in [-0.1, -0.05) is 28.9 Å². The van der Waals surface area contributed by atoms with Gasteiger partial charge in [0.15, 0.2) is 0 Å². The minimum Gasteiger partial charge on any atom is -0.497 e. The van der Waals surface area contributed by atoms with Crippen LogP contribution in [-0.2, 0) is 16.6 Å². The summed E-state index contributed by atoms with van der Waals surface area (Å²) in [6, 6.07) is 13.7. The highest BCUT2D eigenvalue weighted by atomic mass is 32.2. The van der Waals surface area contributed by atoms with Crippen LogP contribution in [0.25, 0.3) is 11.4 Å². The Morgan fingerprint density at radius 2 is 1.86 bits per heavy atom. The Hall–Kier alpha value is -2.71. The first kappa shape index (κ1) is 20.0. The van der Waals surface area contributed by atoms with E-state index >= 15 is 0 Å². The molecule has 0 fully saturated rings. The third kappa shape index (κ3) is 4.23. The Balaban J connectivity index is 1.87. The predicted molar refractivity (Wildman–Crippen MR) is 105 cm³/mol. The molecule has 0 aliphatic carbocycles. The van der Waals surface area contributed by atoms with Crippen molar-refractivity contribution in [1.29, 1.82) is 0 Å². The van der Waals surface area contributed by atoms with Gasteiger partial charge < -0.3 is 9.26 Å². The molecule has 0 aliphatic rings. The van der Waals surface area contributed by atoms with Crippen LogP contribution >= 0.6 is 0 Å². The zero-order valence-electron chi connectivity index (χ0n) is 16.3. The summed E-state index contributed by atoms with van der Waals surface area (Å²) in [6.07, 6.45) is 0. The van der Waals surface area contributed by atoms with Crippen LogP contribution in [0, 0.1) is 6.92 Å². The maximum atomic E-state index is 13.1. The third-order valence-electron chi connectivity index (χ3n) is 4.28. The fourth-order valence-electron chi connectivity index (χ4n) is 2.78. The van der Waals surface area contributed by atoms with Crippen LogP contribution in [0.1, 0.15) is 25.3 Å². The summed E-state index contributed by atoms with van der Waals surface area (Å²) >= 11 is 0. The summed E-state index contributed by atoms with van der Waals surface area (Å²) in [5, 5.41) is 3.99. The van der Waals surface area contributed by atoms with Crippen LogP contribution in [-0.4, -0.2) is 36.0 Å². The first-order chi connectivity index (χ1) is 13.3. The van der Waals surface area contributed by atoms with E-state index in [-0.39, 0.29) is 23.4 Å². The molecular formula is C20H23N3O4S. The molecule has 0 atom stereocenters. The van der Waals surface area contributed by atoms with E-state index in [1.807, 2.05) is 31.2 Å². The minimum absolute atomic E-state index is 0.00908. The van der Waals surface area contributed by atoms with Gasteiger partial charge in [-0.3, -0.25) is 0 Å². The molecule has 0 amide bonds. The van der Waals surface area contributed by atoms with Crippen molar-refractivity contribution in [3.63, 3.8) is 0 Å². The highest BCUT2D eigenvalue weighted by Crippen LogP contribution is 2.24. The topological polar surface area (TPSA) is 85.5 Å². The first-order valence-corrected chi connectivity index (χ1v) is 10.3. The Bertz CT molecular complexity index is 1040. The Kier molecular flexibility index (Phi) is 5.81. The monoisotopic (exact) mass is 401 g/mol. The number of aromatic nitrogens is 2. The predicted octanol–water partition coefficient (Wildman–Crippen LogP) is 3.65. The van der Waals surface area contributed by atoms with Crippen LogP contribution in [0.3, 0.4) is 0 Å². The van der Waals surface area contributed by atoms with Gasteiger partial charge in [-0.15, -0.1) is 0 Å². The Morgan fingerprint density at radius 1 is 1.14 bits per heavy atom. The molecule has 3 aromatic rings. The summed E-state index contributed by atoms with van der Waals surface area (Å²) in [6.45, 7) is 5.58. The minimum atomic E-state index is -3.74. The van der Waals surface area contributed by atoms with Crippen LogP contribution in [0.2, 0.25) is 0 Å². The number of rotatable bonds is 7. The van der Waals surface area contributed by atoms with Crippen molar-refractivity contribution < 1.29 is 17.7 Å². The van der Waals surface area contributed by atoms with Gasteiger partial charge in [-0.05, 0) is 51.1 Å². The van der Waals surface area contributed by atoms with Gasteiger partial charge in [0.05, 0.1) is 18.6 Å². The molecule has 8 heteroatoms. The van der Waals surface area contributed by atoms with Crippen LogP contribution in [0.5, 0.6) is 5.75 Å². The van der Waals surface area contributed by atoms with Crippen LogP contribution in [0.4, 0.5) is 0 Å². The van der Waals surface area contributed by atoms with Gasteiger partial charge in [0.1, 0.15) is 5.75 Å². The molecule has 2 aromatic carbocycles. The van der Waals surface area contributed by atoms with Gasteiger partial charge in [0.25, 0.3) is 0 Å². The second-order valence-electron chi connectivity index (χ2n) is 6.70. The molecule has 0 aliphatic heterocycles. The van der Waals surface area contributed by atoms with Crippen LogP contribution in [0.15, 0.2) is 57.9 Å². The maximum Gasteiger partial charge on any atom is 0.243 e. The highest BCUT2D eigenvalue weighted by Gasteiger charge is 2.29. The largest absolute Gasteiger partial charge is 0.497 e. The fourth-order valence-corrected chi connectivity index (χ4v) is 4.37. The van der Waals surface area contributed by atoms with E-state index in [1.165, 1.54) is 23.5 Å². The van der Waals surface area contributed by atoms with Gasteiger partial charge in [0.2, 0.25) is 21.7 Å². The van der Waals surface area contributed by atoms with E-state index in [4.69, 9.17) is 9.26 Å². The SMILES string of the molecule is COc1ccc(S(=O)(=O)N(Cc2nc(-c3cccc(C)c3)no2)C(C)C)cc1. The maximum absolute atomic E-state index is 13.1. The lowest BCUT2D eigenvalue weighted by Gasteiger charge is -2.24. The standard InChI is InChI=1S/C20H23N3O4S/c1-14(2)23(28(24,25)18-10-8-17(26-4)9-11-18)13-19-21-20(22-27-19)16-7-5-6-15(3)12-16/h5-12,14H,13H2,1-4H3. The van der Waals surface area contributed by atoms with E-state index in [9.17, 15) is 8.42 Å². The molecule has 0 bridgehead atoms. The summed E-state index contributed by atoms with van der Waals surface area (Å²) in [5.41, 5.74) is 1.90. The van der Waals surface area contributed by atoms with E-state index in [0.29, 0.717) is 11.6 Å². The number of methoxy groups -OCH3 is 1. The second-order valence-corrected chi connectivity index (χ2v) is 8.59. The molecule has 1 aromatic heterocycles. The van der Waals surface area contributed by atoms with E-state index in [1.54, 1.807) is 26.0 Å². The number of hydrogen-bond acceptors (Lipinski definition) is 6. The van der Waals surface area contributed by atoms with Gasteiger partial charge in [-0.25, -0.2) is 8.42 Å². The lowest BCUT2D eigenvalue weighted by Crippen LogP contribution is -2.36. The molecule has 3 rings (SSSR count). The van der Waals surface area contributed by atoms with Crippen molar-refractivity contribution >= 4 is 10.0 Å². The van der Waals surface area contributed by atoms with E-state index in [2.05, 4.69) is 10.1 Å². The number of ether oxygens (including phenoxy) is 1. The van der Waals surface area contributed by atoms with Crippen molar-refractivity contribution in [3.8, 4) is 17.1 Å². The molecule has 0 saturated heterocycles. The molecule has 28 heavy (non-hydrogen) atoms. The summed E-state index contributed by atoms with van der Waals surface area (Å²) in [7, 11) is -2.20. The second kappa shape index (κ2) is 8.12. The zero-order chi connectivity index (χ0) is 20.3. The quantitative estimate of drug-likeness (QED) is 0.601. The third-order valence-corrected chi connectivity index (χ3v) is 6.31. The van der Waals surface area contributed by atoms with Crippen molar-refractivity contribution in [3.05, 3.63) is 60.0 Å². The average Bonchev–Trinajstić information content (AvgIpc) is 3.14. The van der Waals surface area contributed by atoms with Gasteiger partial charge in [-0.2, -0.15) is 9.29 Å². The van der Waals surface area contributed by atoms with Gasteiger partial charge >= 0.3 is 0 Å². The lowest BCUT2D eigenvalue weighted by molar-refractivity contribution is 0.286. The zero-order valence-corrected chi connectivity index (χ0v) is 17.1. The number of hydrogen-bond donors (Lipinski definition) is 0. The summed E-state index contributed by atoms with van der Waals surface area (Å²) in [4.78, 5) is 4.56. The Labute approximate surface area is 165 Å². The molecule has 0 N–H and O–H groups in total. The number of nitrogens with zero attached hydrogens (tertiary/aromatic N) is 3. The van der Waals surface area contributed by atoms with Crippen molar-refractivity contribution in [1.82, 2.24) is 14.4 Å². The molecule has 148 valence electrons. The Morgan fingerprint density at radius 3 is 2.46 bits per heavy atom. The molecule has 1 heterocycles. The number of aryl methyl sites for hydroxylation is 1. The number of sulfonamides is 1. The first-order valence-electron chi connectivity index (χ1n) is 8.87. The van der Waals surface area contributed by atoms with E-state index in [0.717, 1.165) is 11.1 Å². The molecule has 0 spiro atoms. The van der Waals surface area contributed by atoms with Crippen LogP contribution < -0.4 is 4.74 Å². The molecule has 0 unspecified atom stereocenters.